The number of aryl methyl sites for hydroxylation is 2. The van der Waals surface area contributed by atoms with Gasteiger partial charge in [0.25, 0.3) is 11.7 Å². The first kappa shape index (κ1) is 21.6. The number of nitrogens with zero attached hydrogens (tertiary/aromatic N) is 2. The van der Waals surface area contributed by atoms with Gasteiger partial charge in [-0.15, -0.1) is 0 Å². The SMILES string of the molecule is COc1ccc(/C(O)=C2\C(=O)C(=O)N(c3ccc(C)c(Cl)c3)C2c2ccccn2)c(C)c1. The number of aliphatic hydroxyl groups is 1. The molecule has 1 fully saturated rings. The lowest BCUT2D eigenvalue weighted by molar-refractivity contribution is -0.132. The van der Waals surface area contributed by atoms with Crippen LogP contribution in [0.15, 0.2) is 66.4 Å². The Morgan fingerprint density at radius 1 is 1.06 bits per heavy atom. The van der Waals surface area contributed by atoms with E-state index in [0.717, 1.165) is 5.56 Å². The number of aliphatic hydroxyl groups excluding tert-OH is 1. The largest absolute Gasteiger partial charge is 0.507 e. The standard InChI is InChI=1S/C25H21ClN2O4/c1-14-7-8-16(13-19(14)26)28-22(20-6-4-5-11-27-20)21(24(30)25(28)31)23(29)18-10-9-17(32-3)12-15(18)2/h4-13,22,29H,1-3H3/b23-21+. The number of benzene rings is 2. The van der Waals surface area contributed by atoms with Crippen molar-refractivity contribution in [3.63, 3.8) is 0 Å². The lowest BCUT2D eigenvalue weighted by Crippen LogP contribution is -2.29. The van der Waals surface area contributed by atoms with Gasteiger partial charge in [-0.05, 0) is 67.4 Å². The Kier molecular flexibility index (Phi) is 5.72. The molecule has 6 nitrogen and oxygen atoms in total. The zero-order valence-corrected chi connectivity index (χ0v) is 18.6. The molecule has 3 aromatic rings. The van der Waals surface area contributed by atoms with Crippen LogP contribution in [0.1, 0.15) is 28.4 Å². The van der Waals surface area contributed by atoms with E-state index in [1.807, 2.05) is 6.92 Å². The Morgan fingerprint density at radius 2 is 1.84 bits per heavy atom. The smallest absolute Gasteiger partial charge is 0.300 e. The van der Waals surface area contributed by atoms with Gasteiger partial charge >= 0.3 is 0 Å². The van der Waals surface area contributed by atoms with Gasteiger partial charge < -0.3 is 9.84 Å². The lowest BCUT2D eigenvalue weighted by atomic mass is 9.96. The molecule has 0 bridgehead atoms. The minimum Gasteiger partial charge on any atom is -0.507 e. The quantitative estimate of drug-likeness (QED) is 0.345. The van der Waals surface area contributed by atoms with E-state index in [1.54, 1.807) is 74.8 Å². The number of anilines is 1. The number of aromatic nitrogens is 1. The number of rotatable bonds is 4. The van der Waals surface area contributed by atoms with Crippen molar-refractivity contribution in [3.05, 3.63) is 93.8 Å². The topological polar surface area (TPSA) is 79.7 Å². The predicted molar refractivity (Wildman–Crippen MR) is 123 cm³/mol. The third kappa shape index (κ3) is 3.63. The van der Waals surface area contributed by atoms with E-state index in [9.17, 15) is 14.7 Å². The summed E-state index contributed by atoms with van der Waals surface area (Å²) in [6, 6.07) is 14.6. The number of Topliss-reactive ketones (excluding diaryl/α,β-unsaturated/α-hetero) is 1. The number of ketones is 1. The molecule has 1 N–H and O–H groups in total. The molecule has 1 amide bonds. The van der Waals surface area contributed by atoms with Crippen LogP contribution in [0.5, 0.6) is 5.75 Å². The maximum absolute atomic E-state index is 13.2. The van der Waals surface area contributed by atoms with Crippen molar-refractivity contribution in [2.45, 2.75) is 19.9 Å². The maximum atomic E-state index is 13.2. The van der Waals surface area contributed by atoms with E-state index in [1.165, 1.54) is 4.90 Å². The molecule has 1 aliphatic rings. The number of ether oxygens (including phenoxy) is 1. The van der Waals surface area contributed by atoms with E-state index in [-0.39, 0.29) is 11.3 Å². The van der Waals surface area contributed by atoms with E-state index in [4.69, 9.17) is 16.3 Å². The van der Waals surface area contributed by atoms with Gasteiger partial charge in [-0.2, -0.15) is 0 Å². The second-order valence-corrected chi connectivity index (χ2v) is 7.95. The molecule has 0 saturated carbocycles. The number of pyridine rings is 1. The molecule has 0 aliphatic carbocycles. The van der Waals surface area contributed by atoms with E-state index in [0.29, 0.717) is 33.3 Å². The van der Waals surface area contributed by atoms with Crippen LogP contribution in [0.25, 0.3) is 5.76 Å². The van der Waals surface area contributed by atoms with Gasteiger partial charge in [0.15, 0.2) is 0 Å². The number of methoxy groups -OCH3 is 1. The summed E-state index contributed by atoms with van der Waals surface area (Å²) in [7, 11) is 1.55. The molecule has 1 saturated heterocycles. The molecule has 2 heterocycles. The first-order valence-electron chi connectivity index (χ1n) is 9.96. The molecule has 1 aliphatic heterocycles. The van der Waals surface area contributed by atoms with Crippen LogP contribution in [0.4, 0.5) is 5.69 Å². The molecule has 162 valence electrons. The monoisotopic (exact) mass is 448 g/mol. The molecular formula is C25H21ClN2O4. The molecule has 1 unspecified atom stereocenters. The molecule has 32 heavy (non-hydrogen) atoms. The van der Waals surface area contributed by atoms with Crippen molar-refractivity contribution < 1.29 is 19.4 Å². The predicted octanol–water partition coefficient (Wildman–Crippen LogP) is 4.99. The van der Waals surface area contributed by atoms with Crippen LogP contribution < -0.4 is 9.64 Å². The number of amides is 1. The molecule has 1 aromatic heterocycles. The highest BCUT2D eigenvalue weighted by Crippen LogP contribution is 2.42. The van der Waals surface area contributed by atoms with Crippen molar-refractivity contribution in [1.82, 2.24) is 4.98 Å². The van der Waals surface area contributed by atoms with Gasteiger partial charge in [-0.25, -0.2) is 0 Å². The van der Waals surface area contributed by atoms with Gasteiger partial charge in [0.2, 0.25) is 0 Å². The van der Waals surface area contributed by atoms with Crippen LogP contribution in [-0.4, -0.2) is 28.9 Å². The number of hydrogen-bond acceptors (Lipinski definition) is 5. The second kappa shape index (κ2) is 8.48. The van der Waals surface area contributed by atoms with Crippen molar-refractivity contribution in [3.8, 4) is 5.75 Å². The lowest BCUT2D eigenvalue weighted by Gasteiger charge is -2.25. The van der Waals surface area contributed by atoms with Crippen LogP contribution >= 0.6 is 11.6 Å². The highest BCUT2D eigenvalue weighted by Gasteiger charge is 2.47. The summed E-state index contributed by atoms with van der Waals surface area (Å²) in [5.74, 6) is -1.19. The average Bonchev–Trinajstić information content (AvgIpc) is 3.06. The Morgan fingerprint density at radius 3 is 2.47 bits per heavy atom. The van der Waals surface area contributed by atoms with Crippen molar-refractivity contribution >= 4 is 34.7 Å². The normalized spacial score (nSPS) is 17.6. The first-order chi connectivity index (χ1) is 15.3. The molecule has 0 spiro atoms. The fourth-order valence-corrected chi connectivity index (χ4v) is 4.00. The molecule has 1 atom stereocenters. The van der Waals surface area contributed by atoms with Gasteiger partial charge in [0.05, 0.1) is 18.4 Å². The Labute approximate surface area is 190 Å². The Balaban J connectivity index is 1.95. The highest BCUT2D eigenvalue weighted by molar-refractivity contribution is 6.51. The third-order valence-corrected chi connectivity index (χ3v) is 5.94. The van der Waals surface area contributed by atoms with E-state index >= 15 is 0 Å². The second-order valence-electron chi connectivity index (χ2n) is 7.54. The van der Waals surface area contributed by atoms with Crippen LogP contribution in [0, 0.1) is 13.8 Å². The van der Waals surface area contributed by atoms with E-state index < -0.39 is 17.7 Å². The minimum atomic E-state index is -0.906. The van der Waals surface area contributed by atoms with Gasteiger partial charge in [0, 0.05) is 22.5 Å². The average molecular weight is 449 g/mol. The summed E-state index contributed by atoms with van der Waals surface area (Å²) in [4.78, 5) is 32.0. The van der Waals surface area contributed by atoms with Crippen LogP contribution in [0.2, 0.25) is 5.02 Å². The van der Waals surface area contributed by atoms with Crippen LogP contribution in [0.3, 0.4) is 0 Å². The summed E-state index contributed by atoms with van der Waals surface area (Å²) in [5.41, 5.74) is 2.85. The molecule has 7 heteroatoms. The zero-order valence-electron chi connectivity index (χ0n) is 17.8. The van der Waals surface area contributed by atoms with Gasteiger partial charge in [-0.1, -0.05) is 23.7 Å². The number of carbonyl (C=O) groups is 2. The van der Waals surface area contributed by atoms with E-state index in [2.05, 4.69) is 4.98 Å². The number of halogens is 1. The van der Waals surface area contributed by atoms with Crippen molar-refractivity contribution in [2.24, 2.45) is 0 Å². The Bertz CT molecular complexity index is 1250. The summed E-state index contributed by atoms with van der Waals surface area (Å²) < 4.78 is 5.23. The van der Waals surface area contributed by atoms with Gasteiger partial charge in [-0.3, -0.25) is 19.5 Å². The third-order valence-electron chi connectivity index (χ3n) is 5.53. The summed E-state index contributed by atoms with van der Waals surface area (Å²) in [6.45, 7) is 3.64. The Hall–Kier alpha value is -3.64. The van der Waals surface area contributed by atoms with Crippen molar-refractivity contribution in [1.29, 1.82) is 0 Å². The fourth-order valence-electron chi connectivity index (χ4n) is 3.82. The molecule has 4 rings (SSSR count). The molecule has 2 aromatic carbocycles. The zero-order chi connectivity index (χ0) is 23.0. The highest BCUT2D eigenvalue weighted by atomic mass is 35.5. The number of carbonyl (C=O) groups excluding carboxylic acids is 2. The number of hydrogen-bond donors (Lipinski definition) is 1. The first-order valence-corrected chi connectivity index (χ1v) is 10.3. The minimum absolute atomic E-state index is 0.0290. The summed E-state index contributed by atoms with van der Waals surface area (Å²) >= 11 is 6.30. The molecular weight excluding hydrogens is 428 g/mol. The van der Waals surface area contributed by atoms with Gasteiger partial charge in [0.1, 0.15) is 17.6 Å². The fraction of sp³-hybridized carbons (Fsp3) is 0.160. The molecule has 0 radical (unpaired) electrons. The van der Waals surface area contributed by atoms with Crippen LogP contribution in [-0.2, 0) is 9.59 Å². The summed E-state index contributed by atoms with van der Waals surface area (Å²) in [6.07, 6.45) is 1.58. The summed E-state index contributed by atoms with van der Waals surface area (Å²) in [5, 5.41) is 11.7. The van der Waals surface area contributed by atoms with Crippen molar-refractivity contribution in [2.75, 3.05) is 12.0 Å². The maximum Gasteiger partial charge on any atom is 0.300 e.